The first-order valence-electron chi connectivity index (χ1n) is 8.03. The Kier molecular flexibility index (Phi) is 3.77. The van der Waals surface area contributed by atoms with Crippen molar-refractivity contribution in [1.29, 1.82) is 0 Å². The summed E-state index contributed by atoms with van der Waals surface area (Å²) in [6.07, 6.45) is 3.41. The Morgan fingerprint density at radius 3 is 2.54 bits per heavy atom. The number of hydrogen-bond acceptors (Lipinski definition) is 3. The summed E-state index contributed by atoms with van der Waals surface area (Å²) in [5.74, 6) is 0. The zero-order valence-electron chi connectivity index (χ0n) is 13.9. The summed E-state index contributed by atoms with van der Waals surface area (Å²) < 4.78 is 30.8. The zero-order valence-corrected chi connectivity index (χ0v) is 15.1. The number of aliphatic hydroxyl groups is 2. The average molecular weight is 374 g/mol. The number of aryl methyl sites for hydroxylation is 1. The van der Waals surface area contributed by atoms with Crippen LogP contribution in [0.1, 0.15) is 16.7 Å². The topological polar surface area (TPSA) is 58.3 Å². The quantitative estimate of drug-likeness (QED) is 0.692. The van der Waals surface area contributed by atoms with Crippen molar-refractivity contribution in [2.75, 3.05) is 0 Å². The SMILES string of the molecule is Cn1cc(-c2cc(CO)cc3c2-c2ccccc2C3(O)C(F)(F)P)cn1. The van der Waals surface area contributed by atoms with Crippen molar-refractivity contribution >= 4 is 9.24 Å². The predicted octanol–water partition coefficient (Wildman–Crippen LogP) is 3.26. The molecule has 4 rings (SSSR count). The lowest BCUT2D eigenvalue weighted by molar-refractivity contribution is -0.0964. The van der Waals surface area contributed by atoms with Gasteiger partial charge in [-0.05, 0) is 34.4 Å². The molecule has 1 aliphatic rings. The van der Waals surface area contributed by atoms with Crippen molar-refractivity contribution in [3.05, 3.63) is 65.5 Å². The van der Waals surface area contributed by atoms with Gasteiger partial charge in [0.2, 0.25) is 0 Å². The number of benzene rings is 2. The molecule has 0 radical (unpaired) electrons. The summed E-state index contributed by atoms with van der Waals surface area (Å²) in [6, 6.07) is 9.82. The van der Waals surface area contributed by atoms with E-state index in [0.717, 1.165) is 5.56 Å². The van der Waals surface area contributed by atoms with Crippen LogP contribution in [0.25, 0.3) is 22.3 Å². The highest BCUT2D eigenvalue weighted by molar-refractivity contribution is 7.18. The summed E-state index contributed by atoms with van der Waals surface area (Å²) >= 11 is 0. The molecule has 0 aliphatic heterocycles. The van der Waals surface area contributed by atoms with E-state index >= 15 is 0 Å². The van der Waals surface area contributed by atoms with Gasteiger partial charge in [0.05, 0.1) is 12.8 Å². The van der Waals surface area contributed by atoms with E-state index in [-0.39, 0.29) is 17.7 Å². The third kappa shape index (κ3) is 2.26. The van der Waals surface area contributed by atoms with E-state index in [2.05, 4.69) is 5.10 Å². The standard InChI is InChI=1S/C19H17F2N2O2P/c1-23-9-12(8-22-23)14-6-11(10-24)7-16-17(14)13-4-2-3-5-15(13)18(16,25)19(20,21)26/h2-9,24-25H,10,26H2,1H3. The molecule has 134 valence electrons. The van der Waals surface area contributed by atoms with Crippen LogP contribution >= 0.6 is 9.24 Å². The van der Waals surface area contributed by atoms with Gasteiger partial charge in [-0.2, -0.15) is 13.9 Å². The molecule has 26 heavy (non-hydrogen) atoms. The molecule has 3 aromatic rings. The van der Waals surface area contributed by atoms with E-state index in [1.54, 1.807) is 48.4 Å². The maximum Gasteiger partial charge on any atom is 0.295 e. The molecule has 1 aliphatic carbocycles. The van der Waals surface area contributed by atoms with E-state index in [1.807, 2.05) is 0 Å². The van der Waals surface area contributed by atoms with Crippen molar-refractivity contribution in [3.63, 3.8) is 0 Å². The fourth-order valence-electron chi connectivity index (χ4n) is 3.68. The molecule has 0 bridgehead atoms. The molecule has 0 fully saturated rings. The third-order valence-electron chi connectivity index (χ3n) is 4.85. The molecule has 0 saturated heterocycles. The van der Waals surface area contributed by atoms with Gasteiger partial charge in [-0.1, -0.05) is 33.5 Å². The Labute approximate surface area is 151 Å². The minimum Gasteiger partial charge on any atom is -0.392 e. The van der Waals surface area contributed by atoms with Gasteiger partial charge >= 0.3 is 0 Å². The number of alkyl halides is 2. The average Bonchev–Trinajstić information content (AvgIpc) is 3.15. The van der Waals surface area contributed by atoms with Crippen molar-refractivity contribution < 1.29 is 19.0 Å². The van der Waals surface area contributed by atoms with Crippen LogP contribution in [0.3, 0.4) is 0 Å². The molecule has 0 amide bonds. The van der Waals surface area contributed by atoms with Gasteiger partial charge < -0.3 is 10.2 Å². The van der Waals surface area contributed by atoms with Gasteiger partial charge in [-0.3, -0.25) is 4.68 Å². The third-order valence-corrected chi connectivity index (χ3v) is 5.27. The molecule has 1 aromatic heterocycles. The molecular weight excluding hydrogens is 357 g/mol. The Bertz CT molecular complexity index is 1010. The Hall–Kier alpha value is -2.14. The second kappa shape index (κ2) is 5.68. The first-order valence-corrected chi connectivity index (χ1v) is 8.61. The summed E-state index contributed by atoms with van der Waals surface area (Å²) in [4.78, 5) is 0. The van der Waals surface area contributed by atoms with Crippen molar-refractivity contribution in [3.8, 4) is 22.3 Å². The van der Waals surface area contributed by atoms with Crippen LogP contribution in [0.4, 0.5) is 8.78 Å². The fourth-order valence-corrected chi connectivity index (χ4v) is 3.99. The molecule has 1 heterocycles. The smallest absolute Gasteiger partial charge is 0.295 e. The first-order chi connectivity index (χ1) is 12.3. The molecule has 2 atom stereocenters. The van der Waals surface area contributed by atoms with Crippen molar-refractivity contribution in [2.24, 2.45) is 7.05 Å². The lowest BCUT2D eigenvalue weighted by atomic mass is 9.88. The highest BCUT2D eigenvalue weighted by Gasteiger charge is 2.57. The van der Waals surface area contributed by atoms with Gasteiger partial charge in [-0.15, -0.1) is 0 Å². The molecule has 4 nitrogen and oxygen atoms in total. The van der Waals surface area contributed by atoms with Crippen LogP contribution in [-0.4, -0.2) is 25.7 Å². The van der Waals surface area contributed by atoms with E-state index in [1.165, 1.54) is 21.4 Å². The molecule has 0 spiro atoms. The molecule has 7 heteroatoms. The lowest BCUT2D eigenvalue weighted by Gasteiger charge is -2.32. The zero-order chi connectivity index (χ0) is 18.7. The second-order valence-corrected chi connectivity index (χ2v) is 7.23. The number of hydrogen-bond donors (Lipinski definition) is 2. The number of rotatable bonds is 3. The van der Waals surface area contributed by atoms with E-state index < -0.39 is 11.3 Å². The second-order valence-electron chi connectivity index (χ2n) is 6.51. The van der Waals surface area contributed by atoms with Gasteiger partial charge in [0.25, 0.3) is 5.66 Å². The van der Waals surface area contributed by atoms with E-state index in [4.69, 9.17) is 0 Å². The van der Waals surface area contributed by atoms with Crippen LogP contribution in [0.5, 0.6) is 0 Å². The van der Waals surface area contributed by atoms with Crippen LogP contribution in [0.2, 0.25) is 0 Å². The van der Waals surface area contributed by atoms with Gasteiger partial charge in [-0.25, -0.2) is 0 Å². The van der Waals surface area contributed by atoms with Gasteiger partial charge in [0.1, 0.15) is 0 Å². The summed E-state index contributed by atoms with van der Waals surface area (Å²) in [5.41, 5.74) is -2.84. The van der Waals surface area contributed by atoms with E-state index in [9.17, 15) is 19.0 Å². The number of aliphatic hydroxyl groups excluding tert-OH is 1. The van der Waals surface area contributed by atoms with Crippen molar-refractivity contribution in [1.82, 2.24) is 9.78 Å². The fraction of sp³-hybridized carbons (Fsp3) is 0.211. The highest BCUT2D eigenvalue weighted by atomic mass is 31.0. The summed E-state index contributed by atoms with van der Waals surface area (Å²) in [6.45, 7) is -0.324. The van der Waals surface area contributed by atoms with Crippen LogP contribution in [0, 0.1) is 0 Å². The number of aromatic nitrogens is 2. The lowest BCUT2D eigenvalue weighted by Crippen LogP contribution is -2.40. The normalized spacial score (nSPS) is 18.7. The summed E-state index contributed by atoms with van der Waals surface area (Å²) in [5, 5.41) is 25.0. The van der Waals surface area contributed by atoms with Gasteiger partial charge in [0, 0.05) is 29.9 Å². The molecular formula is C19H17F2N2O2P. The Balaban J connectivity index is 2.14. The largest absolute Gasteiger partial charge is 0.392 e. The molecule has 2 N–H and O–H groups in total. The summed E-state index contributed by atoms with van der Waals surface area (Å²) in [7, 11) is 3.22. The van der Waals surface area contributed by atoms with E-state index in [0.29, 0.717) is 22.3 Å². The molecule has 0 saturated carbocycles. The number of halogens is 2. The van der Waals surface area contributed by atoms with Crippen LogP contribution in [0.15, 0.2) is 48.8 Å². The maximum atomic E-state index is 14.6. The molecule has 2 unspecified atom stereocenters. The predicted molar refractivity (Wildman–Crippen MR) is 97.7 cm³/mol. The molecule has 2 aromatic carbocycles. The first kappa shape index (κ1) is 17.3. The highest BCUT2D eigenvalue weighted by Crippen LogP contribution is 2.58. The van der Waals surface area contributed by atoms with Crippen LogP contribution in [-0.2, 0) is 19.3 Å². The number of nitrogens with zero attached hydrogens (tertiary/aromatic N) is 2. The van der Waals surface area contributed by atoms with Gasteiger partial charge in [0.15, 0.2) is 5.60 Å². The van der Waals surface area contributed by atoms with Crippen LogP contribution < -0.4 is 0 Å². The Morgan fingerprint density at radius 1 is 1.19 bits per heavy atom. The minimum atomic E-state index is -3.49. The Morgan fingerprint density at radius 2 is 1.92 bits per heavy atom. The van der Waals surface area contributed by atoms with Crippen molar-refractivity contribution in [2.45, 2.75) is 17.9 Å². The minimum absolute atomic E-state index is 0.0871. The number of fused-ring (bicyclic) bond motifs is 3. The maximum absolute atomic E-state index is 14.6. The monoisotopic (exact) mass is 374 g/mol.